The average Bonchev–Trinajstić information content (AvgIpc) is 3.23. The highest BCUT2D eigenvalue weighted by Gasteiger charge is 2.22. The first-order valence-electron chi connectivity index (χ1n) is 8.64. The molecule has 0 aliphatic carbocycles. The van der Waals surface area contributed by atoms with Crippen molar-refractivity contribution in [3.8, 4) is 22.5 Å². The van der Waals surface area contributed by atoms with Gasteiger partial charge in [0.1, 0.15) is 4.88 Å². The molecule has 1 aromatic carbocycles. The number of benzene rings is 1. The number of aromatic nitrogens is 4. The van der Waals surface area contributed by atoms with Gasteiger partial charge in [-0.3, -0.25) is 14.5 Å². The van der Waals surface area contributed by atoms with Crippen molar-refractivity contribution in [2.45, 2.75) is 19.8 Å². The van der Waals surface area contributed by atoms with Crippen LogP contribution in [0.4, 0.5) is 0 Å². The van der Waals surface area contributed by atoms with Gasteiger partial charge in [-0.15, -0.1) is 0 Å². The molecule has 0 saturated heterocycles. The van der Waals surface area contributed by atoms with E-state index in [1.165, 1.54) is 0 Å². The Kier molecular flexibility index (Phi) is 4.24. The minimum atomic E-state index is -0.493. The van der Waals surface area contributed by atoms with E-state index in [1.54, 1.807) is 4.68 Å². The summed E-state index contributed by atoms with van der Waals surface area (Å²) >= 11 is 1.11. The van der Waals surface area contributed by atoms with Gasteiger partial charge < -0.3 is 5.73 Å². The Labute approximate surface area is 160 Å². The fourth-order valence-electron chi connectivity index (χ4n) is 3.10. The number of aryl methyl sites for hydroxylation is 1. The number of pyridine rings is 1. The molecule has 0 radical (unpaired) electrons. The fourth-order valence-corrected chi connectivity index (χ4v) is 3.86. The number of rotatable bonds is 4. The second-order valence-electron chi connectivity index (χ2n) is 6.78. The lowest BCUT2D eigenvalue weighted by atomic mass is 10.0. The van der Waals surface area contributed by atoms with E-state index in [0.717, 1.165) is 33.7 Å². The van der Waals surface area contributed by atoms with E-state index in [4.69, 9.17) is 10.7 Å². The minimum Gasteiger partial charge on any atom is -0.365 e. The van der Waals surface area contributed by atoms with Gasteiger partial charge in [-0.05, 0) is 41.7 Å². The Balaban J connectivity index is 1.93. The molecule has 4 aromatic rings. The van der Waals surface area contributed by atoms with Crippen molar-refractivity contribution in [1.82, 2.24) is 19.1 Å². The number of carbonyl (C=O) groups excluding carboxylic acids is 1. The van der Waals surface area contributed by atoms with E-state index >= 15 is 0 Å². The van der Waals surface area contributed by atoms with E-state index in [2.05, 4.69) is 23.3 Å². The Morgan fingerprint density at radius 3 is 2.78 bits per heavy atom. The Hall–Kier alpha value is -3.06. The maximum absolute atomic E-state index is 12.0. The van der Waals surface area contributed by atoms with Gasteiger partial charge in [0, 0.05) is 29.9 Å². The normalized spacial score (nSPS) is 11.4. The van der Waals surface area contributed by atoms with Crippen LogP contribution in [0.2, 0.25) is 0 Å². The van der Waals surface area contributed by atoms with Crippen LogP contribution in [0.1, 0.15) is 35.1 Å². The van der Waals surface area contributed by atoms with E-state index in [-0.39, 0.29) is 5.92 Å². The topological polar surface area (TPSA) is 86.7 Å². The quantitative estimate of drug-likeness (QED) is 0.583. The molecule has 27 heavy (non-hydrogen) atoms. The minimum absolute atomic E-state index is 0.281. The second kappa shape index (κ2) is 6.59. The largest absolute Gasteiger partial charge is 0.365 e. The second-order valence-corrected chi connectivity index (χ2v) is 7.55. The van der Waals surface area contributed by atoms with Gasteiger partial charge in [0.05, 0.1) is 22.5 Å². The van der Waals surface area contributed by atoms with Crippen LogP contribution in [0.25, 0.3) is 33.4 Å². The molecule has 136 valence electrons. The maximum atomic E-state index is 12.0. The maximum Gasteiger partial charge on any atom is 0.261 e. The number of nitrogens with zero attached hydrogens (tertiary/aromatic N) is 4. The molecule has 1 amide bonds. The molecular weight excluding hydrogens is 358 g/mol. The number of hydrogen-bond acceptors (Lipinski definition) is 5. The highest BCUT2D eigenvalue weighted by molar-refractivity contribution is 7.09. The molecule has 0 bridgehead atoms. The van der Waals surface area contributed by atoms with E-state index in [1.807, 2.05) is 49.6 Å². The molecule has 6 nitrogen and oxygen atoms in total. The summed E-state index contributed by atoms with van der Waals surface area (Å²) in [5.41, 5.74) is 10.5. The summed E-state index contributed by atoms with van der Waals surface area (Å²) in [6.07, 6.45) is 1.96. The summed E-state index contributed by atoms with van der Waals surface area (Å²) in [7, 11) is 1.89. The monoisotopic (exact) mass is 377 g/mol. The van der Waals surface area contributed by atoms with Crippen molar-refractivity contribution in [3.05, 3.63) is 53.2 Å². The molecule has 3 aromatic heterocycles. The number of fused-ring (bicyclic) bond motifs is 1. The van der Waals surface area contributed by atoms with Crippen LogP contribution in [-0.4, -0.2) is 25.0 Å². The van der Waals surface area contributed by atoms with Gasteiger partial charge in [-0.25, -0.2) is 0 Å². The molecule has 0 atom stereocenters. The Morgan fingerprint density at radius 1 is 1.22 bits per heavy atom. The molecule has 0 fully saturated rings. The number of primary amides is 1. The smallest absolute Gasteiger partial charge is 0.261 e. The van der Waals surface area contributed by atoms with Crippen LogP contribution < -0.4 is 5.73 Å². The Morgan fingerprint density at radius 2 is 2.04 bits per heavy atom. The lowest BCUT2D eigenvalue weighted by Gasteiger charge is -2.09. The van der Waals surface area contributed by atoms with E-state index in [9.17, 15) is 4.79 Å². The van der Waals surface area contributed by atoms with Gasteiger partial charge in [0.25, 0.3) is 5.91 Å². The van der Waals surface area contributed by atoms with Crippen LogP contribution in [0.15, 0.2) is 42.6 Å². The van der Waals surface area contributed by atoms with Crippen molar-refractivity contribution in [2.24, 2.45) is 12.8 Å². The van der Waals surface area contributed by atoms with Crippen LogP contribution in [-0.2, 0) is 7.05 Å². The third-order valence-electron chi connectivity index (χ3n) is 4.43. The molecule has 0 aliphatic heterocycles. The standard InChI is InChI=1S/C20H19N5OS/c1-11(2)14-5-4-6-16(22-14)17-18(24-27-19(17)20(21)26)12-7-8-15-13(9-12)10-25(3)23-15/h4-11H,1-3H3,(H2,21,26). The molecule has 4 rings (SSSR count). The molecule has 0 aliphatic rings. The van der Waals surface area contributed by atoms with Crippen LogP contribution in [0.5, 0.6) is 0 Å². The molecule has 3 heterocycles. The van der Waals surface area contributed by atoms with E-state index < -0.39 is 5.91 Å². The van der Waals surface area contributed by atoms with Crippen LogP contribution in [0, 0.1) is 0 Å². The third kappa shape index (κ3) is 3.10. The molecular formula is C20H19N5OS. The van der Waals surface area contributed by atoms with Gasteiger partial charge >= 0.3 is 0 Å². The first-order valence-corrected chi connectivity index (χ1v) is 9.42. The van der Waals surface area contributed by atoms with Crippen molar-refractivity contribution >= 4 is 28.3 Å². The number of nitrogens with two attached hydrogens (primary N) is 1. The Bertz CT molecular complexity index is 1160. The summed E-state index contributed by atoms with van der Waals surface area (Å²) in [5.74, 6) is -0.211. The molecule has 2 N–H and O–H groups in total. The summed E-state index contributed by atoms with van der Waals surface area (Å²) < 4.78 is 6.32. The summed E-state index contributed by atoms with van der Waals surface area (Å²) in [6, 6.07) is 11.8. The van der Waals surface area contributed by atoms with Gasteiger partial charge in [0.15, 0.2) is 0 Å². The van der Waals surface area contributed by atoms with Gasteiger partial charge in [0.2, 0.25) is 0 Å². The zero-order valence-corrected chi connectivity index (χ0v) is 16.1. The first-order chi connectivity index (χ1) is 12.9. The highest BCUT2D eigenvalue weighted by Crippen LogP contribution is 2.37. The number of amides is 1. The van der Waals surface area contributed by atoms with Crippen molar-refractivity contribution in [1.29, 1.82) is 0 Å². The SMILES string of the molecule is CC(C)c1cccc(-c2c(-c3ccc4nn(C)cc4c3)nsc2C(N)=O)n1. The van der Waals surface area contributed by atoms with Crippen LogP contribution >= 0.6 is 11.5 Å². The number of hydrogen-bond donors (Lipinski definition) is 1. The predicted molar refractivity (Wildman–Crippen MR) is 108 cm³/mol. The lowest BCUT2D eigenvalue weighted by Crippen LogP contribution is -2.10. The zero-order valence-electron chi connectivity index (χ0n) is 15.3. The lowest BCUT2D eigenvalue weighted by molar-refractivity contribution is 0.100. The summed E-state index contributed by atoms with van der Waals surface area (Å²) in [5, 5.41) is 5.42. The zero-order chi connectivity index (χ0) is 19.1. The van der Waals surface area contributed by atoms with Crippen LogP contribution in [0.3, 0.4) is 0 Å². The molecule has 0 unspecified atom stereocenters. The highest BCUT2D eigenvalue weighted by atomic mass is 32.1. The molecule has 0 saturated carbocycles. The van der Waals surface area contributed by atoms with Crippen molar-refractivity contribution in [2.75, 3.05) is 0 Å². The number of carbonyl (C=O) groups is 1. The van der Waals surface area contributed by atoms with Gasteiger partial charge in [-0.2, -0.15) is 9.47 Å². The predicted octanol–water partition coefficient (Wildman–Crippen LogP) is 3.98. The van der Waals surface area contributed by atoms with Gasteiger partial charge in [-0.1, -0.05) is 26.0 Å². The summed E-state index contributed by atoms with van der Waals surface area (Å²) in [4.78, 5) is 17.2. The third-order valence-corrected chi connectivity index (χ3v) is 5.29. The molecule has 7 heteroatoms. The molecule has 0 spiro atoms. The average molecular weight is 377 g/mol. The van der Waals surface area contributed by atoms with E-state index in [0.29, 0.717) is 21.8 Å². The van der Waals surface area contributed by atoms with Crippen molar-refractivity contribution in [3.63, 3.8) is 0 Å². The van der Waals surface area contributed by atoms with Crippen molar-refractivity contribution < 1.29 is 4.79 Å². The summed E-state index contributed by atoms with van der Waals surface area (Å²) in [6.45, 7) is 4.18. The fraction of sp³-hybridized carbons (Fsp3) is 0.200. The first kappa shape index (κ1) is 17.4.